The number of fused-ring (bicyclic) bond motifs is 1. The summed E-state index contributed by atoms with van der Waals surface area (Å²) in [5.74, 6) is -0.0167. The molecule has 4 amide bonds. The van der Waals surface area contributed by atoms with Crippen LogP contribution in [0.4, 0.5) is 15.3 Å². The van der Waals surface area contributed by atoms with E-state index in [-0.39, 0.29) is 12.3 Å². The molecule has 152 valence electrons. The Hall–Kier alpha value is -2.77. The van der Waals surface area contributed by atoms with Gasteiger partial charge in [-0.15, -0.1) is 0 Å². The quantitative estimate of drug-likeness (QED) is 0.619. The second kappa shape index (κ2) is 8.95. The molecule has 8 nitrogen and oxygen atoms in total. The molecule has 1 saturated carbocycles. The van der Waals surface area contributed by atoms with Gasteiger partial charge in [0.15, 0.2) is 0 Å². The zero-order valence-corrected chi connectivity index (χ0v) is 15.8. The Labute approximate surface area is 164 Å². The molecule has 2 fully saturated rings. The minimum absolute atomic E-state index is 0.0973. The molecule has 1 saturated heterocycles. The van der Waals surface area contributed by atoms with Crippen molar-refractivity contribution in [2.24, 2.45) is 17.6 Å². The number of piperidine rings is 1. The van der Waals surface area contributed by atoms with E-state index in [2.05, 4.69) is 10.6 Å². The third-order valence-corrected chi connectivity index (χ3v) is 5.93. The van der Waals surface area contributed by atoms with Crippen LogP contribution in [0.15, 0.2) is 30.3 Å². The van der Waals surface area contributed by atoms with Crippen LogP contribution < -0.4 is 16.4 Å². The predicted octanol–water partition coefficient (Wildman–Crippen LogP) is 2.61. The number of hydrogen-bond acceptors (Lipinski definition) is 3. The minimum atomic E-state index is -1.02. The molecule has 0 aromatic heterocycles. The van der Waals surface area contributed by atoms with E-state index in [1.807, 2.05) is 6.07 Å². The van der Waals surface area contributed by atoms with Crippen LogP contribution in [0.2, 0.25) is 0 Å². The predicted molar refractivity (Wildman–Crippen MR) is 105 cm³/mol. The lowest BCUT2D eigenvalue weighted by atomic mass is 9.68. The monoisotopic (exact) mass is 388 g/mol. The van der Waals surface area contributed by atoms with Crippen molar-refractivity contribution in [3.63, 3.8) is 0 Å². The number of urea groups is 1. The van der Waals surface area contributed by atoms with Crippen molar-refractivity contribution >= 4 is 23.7 Å². The molecule has 0 spiro atoms. The maximum absolute atomic E-state index is 12.5. The molecule has 1 aliphatic carbocycles. The highest BCUT2D eigenvalue weighted by Gasteiger charge is 2.45. The van der Waals surface area contributed by atoms with Crippen molar-refractivity contribution in [3.05, 3.63) is 30.3 Å². The molecule has 1 aromatic carbocycles. The standard InChI is InChI=1S/C20H28N4O4/c21-17(25)12-16(23-19(26)22-14-7-2-1-3-8-14)18-15-9-5-4-6-13(15)10-11-24(18)20(27)28/h1-3,7-8,13,15-16,18H,4-6,9-12H2,(H2,21,25)(H,27,28)(H2,22,23,26). The fourth-order valence-corrected chi connectivity index (χ4v) is 4.80. The van der Waals surface area contributed by atoms with Gasteiger partial charge in [0.2, 0.25) is 5.91 Å². The lowest BCUT2D eigenvalue weighted by molar-refractivity contribution is -0.119. The summed E-state index contributed by atoms with van der Waals surface area (Å²) in [6.07, 6.45) is 3.85. The normalized spacial score (nSPS) is 25.3. The number of anilines is 1. The van der Waals surface area contributed by atoms with Crippen molar-refractivity contribution < 1.29 is 19.5 Å². The van der Waals surface area contributed by atoms with Gasteiger partial charge in [-0.3, -0.25) is 4.79 Å². The number of rotatable bonds is 5. The van der Waals surface area contributed by atoms with Crippen molar-refractivity contribution in [2.45, 2.75) is 50.6 Å². The smallest absolute Gasteiger partial charge is 0.407 e. The number of benzene rings is 1. The molecule has 1 heterocycles. The summed E-state index contributed by atoms with van der Waals surface area (Å²) in [5, 5.41) is 15.3. The fourth-order valence-electron chi connectivity index (χ4n) is 4.80. The summed E-state index contributed by atoms with van der Waals surface area (Å²) in [6.45, 7) is 0.415. The number of carboxylic acid groups (broad SMARTS) is 1. The van der Waals surface area contributed by atoms with Crippen molar-refractivity contribution in [2.75, 3.05) is 11.9 Å². The Morgan fingerprint density at radius 1 is 1.14 bits per heavy atom. The SMILES string of the molecule is NC(=O)CC(NC(=O)Nc1ccccc1)C1C2CCCCC2CCN1C(=O)O. The second-order valence-electron chi connectivity index (χ2n) is 7.71. The van der Waals surface area contributed by atoms with Crippen LogP contribution >= 0.6 is 0 Å². The number of likely N-dealkylation sites (tertiary alicyclic amines) is 1. The second-order valence-corrected chi connectivity index (χ2v) is 7.71. The van der Waals surface area contributed by atoms with Crippen LogP contribution in [-0.2, 0) is 4.79 Å². The number of nitrogens with one attached hydrogen (secondary N) is 2. The molecule has 28 heavy (non-hydrogen) atoms. The lowest BCUT2D eigenvalue weighted by Gasteiger charge is -2.49. The molecule has 8 heteroatoms. The number of nitrogens with two attached hydrogens (primary N) is 1. The van der Waals surface area contributed by atoms with Gasteiger partial charge in [-0.05, 0) is 36.8 Å². The number of primary amides is 1. The first-order valence-corrected chi connectivity index (χ1v) is 9.86. The number of nitrogens with zero attached hydrogens (tertiary/aromatic N) is 1. The third-order valence-electron chi connectivity index (χ3n) is 5.93. The lowest BCUT2D eigenvalue weighted by Crippen LogP contribution is -2.62. The highest BCUT2D eigenvalue weighted by molar-refractivity contribution is 5.90. The number of carbonyl (C=O) groups is 3. The summed E-state index contributed by atoms with van der Waals surface area (Å²) >= 11 is 0. The van der Waals surface area contributed by atoms with Crippen LogP contribution in [0, 0.1) is 11.8 Å². The topological polar surface area (TPSA) is 125 Å². The van der Waals surface area contributed by atoms with Gasteiger partial charge in [0.25, 0.3) is 0 Å². The Balaban J connectivity index is 1.81. The van der Waals surface area contributed by atoms with E-state index in [0.717, 1.165) is 32.1 Å². The Bertz CT molecular complexity index is 711. The van der Waals surface area contributed by atoms with Gasteiger partial charge < -0.3 is 26.4 Å². The van der Waals surface area contributed by atoms with E-state index >= 15 is 0 Å². The third kappa shape index (κ3) is 4.74. The van der Waals surface area contributed by atoms with Crippen LogP contribution in [0.3, 0.4) is 0 Å². The van der Waals surface area contributed by atoms with Gasteiger partial charge in [-0.1, -0.05) is 37.5 Å². The number of carbonyl (C=O) groups excluding carboxylic acids is 2. The summed E-state index contributed by atoms with van der Waals surface area (Å²) in [5.41, 5.74) is 6.06. The van der Waals surface area contributed by atoms with Gasteiger partial charge in [0.05, 0.1) is 12.1 Å². The first kappa shape index (κ1) is 20.0. The van der Waals surface area contributed by atoms with Gasteiger partial charge in [-0.25, -0.2) is 9.59 Å². The van der Waals surface area contributed by atoms with E-state index in [1.54, 1.807) is 24.3 Å². The van der Waals surface area contributed by atoms with Gasteiger partial charge >= 0.3 is 12.1 Å². The molecule has 1 aliphatic heterocycles. The zero-order chi connectivity index (χ0) is 20.1. The van der Waals surface area contributed by atoms with Crippen LogP contribution in [0.25, 0.3) is 0 Å². The zero-order valence-electron chi connectivity index (χ0n) is 15.8. The van der Waals surface area contributed by atoms with Crippen LogP contribution in [0.1, 0.15) is 38.5 Å². The first-order valence-electron chi connectivity index (χ1n) is 9.86. The molecular formula is C20H28N4O4. The Kier molecular flexibility index (Phi) is 6.38. The average Bonchev–Trinajstić information content (AvgIpc) is 2.66. The molecule has 4 atom stereocenters. The van der Waals surface area contributed by atoms with Crippen molar-refractivity contribution in [3.8, 4) is 0 Å². The average molecular weight is 388 g/mol. The van der Waals surface area contributed by atoms with Crippen LogP contribution in [0.5, 0.6) is 0 Å². The maximum Gasteiger partial charge on any atom is 0.407 e. The summed E-state index contributed by atoms with van der Waals surface area (Å²) in [7, 11) is 0. The molecule has 5 N–H and O–H groups in total. The molecular weight excluding hydrogens is 360 g/mol. The first-order chi connectivity index (χ1) is 13.5. The van der Waals surface area contributed by atoms with E-state index in [1.165, 1.54) is 4.90 Å². The largest absolute Gasteiger partial charge is 0.465 e. The maximum atomic E-state index is 12.5. The van der Waals surface area contributed by atoms with Crippen LogP contribution in [-0.4, -0.2) is 46.7 Å². The Morgan fingerprint density at radius 3 is 2.54 bits per heavy atom. The van der Waals surface area contributed by atoms with Crippen molar-refractivity contribution in [1.29, 1.82) is 0 Å². The van der Waals surface area contributed by atoms with E-state index in [9.17, 15) is 19.5 Å². The summed E-state index contributed by atoms with van der Waals surface area (Å²) in [4.78, 5) is 37.5. The number of para-hydroxylation sites is 1. The van der Waals surface area contributed by atoms with Gasteiger partial charge in [-0.2, -0.15) is 0 Å². The molecule has 4 unspecified atom stereocenters. The number of hydrogen-bond donors (Lipinski definition) is 4. The van der Waals surface area contributed by atoms with Gasteiger partial charge in [0.1, 0.15) is 0 Å². The van der Waals surface area contributed by atoms with E-state index < -0.39 is 30.1 Å². The molecule has 2 aliphatic rings. The highest BCUT2D eigenvalue weighted by Crippen LogP contribution is 2.41. The summed E-state index contributed by atoms with van der Waals surface area (Å²) in [6, 6.07) is 7.37. The van der Waals surface area contributed by atoms with E-state index in [4.69, 9.17) is 5.73 Å². The molecule has 1 aromatic rings. The van der Waals surface area contributed by atoms with E-state index in [0.29, 0.717) is 18.2 Å². The van der Waals surface area contributed by atoms with Gasteiger partial charge in [0, 0.05) is 18.7 Å². The fraction of sp³-hybridized carbons (Fsp3) is 0.550. The highest BCUT2D eigenvalue weighted by atomic mass is 16.4. The minimum Gasteiger partial charge on any atom is -0.465 e. The Morgan fingerprint density at radius 2 is 1.86 bits per heavy atom. The molecule has 0 bridgehead atoms. The number of amides is 4. The summed E-state index contributed by atoms with van der Waals surface area (Å²) < 4.78 is 0. The molecule has 3 rings (SSSR count). The molecule has 0 radical (unpaired) electrons. The van der Waals surface area contributed by atoms with Crippen molar-refractivity contribution in [1.82, 2.24) is 10.2 Å².